The van der Waals surface area contributed by atoms with Gasteiger partial charge in [0.05, 0.1) is 0 Å². The first kappa shape index (κ1) is 16.3. The number of urea groups is 1. The number of amides is 3. The van der Waals surface area contributed by atoms with E-state index in [4.69, 9.17) is 0 Å². The molecule has 0 aromatic heterocycles. The van der Waals surface area contributed by atoms with Crippen LogP contribution in [0.4, 0.5) is 4.79 Å². The largest absolute Gasteiger partial charge is 0.342 e. The Bertz CT molecular complexity index is 527. The molecule has 1 saturated heterocycles. The van der Waals surface area contributed by atoms with E-state index in [9.17, 15) is 9.59 Å². The smallest absolute Gasteiger partial charge is 0.318 e. The van der Waals surface area contributed by atoms with Gasteiger partial charge in [-0.05, 0) is 32.3 Å². The van der Waals surface area contributed by atoms with Gasteiger partial charge in [-0.2, -0.15) is 0 Å². The lowest BCUT2D eigenvalue weighted by atomic mass is 10.1. The summed E-state index contributed by atoms with van der Waals surface area (Å²) in [4.78, 5) is 27.3. The molecule has 0 aliphatic carbocycles. The average molecular weight is 303 g/mol. The summed E-state index contributed by atoms with van der Waals surface area (Å²) in [5, 5.41) is 2.92. The van der Waals surface area contributed by atoms with Crippen LogP contribution >= 0.6 is 0 Å². The molecular formula is C17H25N3O2. The first-order valence-electron chi connectivity index (χ1n) is 7.84. The summed E-state index contributed by atoms with van der Waals surface area (Å²) in [6.45, 7) is 5.67. The normalized spacial score (nSPS) is 18.5. The van der Waals surface area contributed by atoms with Gasteiger partial charge in [0.1, 0.15) is 6.04 Å². The summed E-state index contributed by atoms with van der Waals surface area (Å²) >= 11 is 0. The molecule has 5 nitrogen and oxygen atoms in total. The van der Waals surface area contributed by atoms with Gasteiger partial charge in [-0.3, -0.25) is 4.79 Å². The second-order valence-electron chi connectivity index (χ2n) is 5.95. The standard InChI is InChI=1S/C17H25N3O2/c1-13-6-8-15(9-7-13)5-4-10-18-17(22)20-12-11-19(3)16(21)14(20)2/h6-9,14H,4-5,10-12H2,1-3H3,(H,18,22). The van der Waals surface area contributed by atoms with Gasteiger partial charge in [0.25, 0.3) is 0 Å². The SMILES string of the molecule is Cc1ccc(CCCNC(=O)N2CCN(C)C(=O)C2C)cc1. The van der Waals surface area contributed by atoms with Crippen molar-refractivity contribution in [2.24, 2.45) is 0 Å². The number of carbonyl (C=O) groups is 2. The third kappa shape index (κ3) is 4.00. The first-order chi connectivity index (χ1) is 10.5. The van der Waals surface area contributed by atoms with Gasteiger partial charge < -0.3 is 15.1 Å². The predicted octanol–water partition coefficient (Wildman–Crippen LogP) is 1.80. The molecule has 1 N–H and O–H groups in total. The first-order valence-corrected chi connectivity index (χ1v) is 7.84. The fraction of sp³-hybridized carbons (Fsp3) is 0.529. The molecule has 22 heavy (non-hydrogen) atoms. The molecule has 1 unspecified atom stereocenters. The third-order valence-electron chi connectivity index (χ3n) is 4.18. The minimum Gasteiger partial charge on any atom is -0.342 e. The number of hydrogen-bond acceptors (Lipinski definition) is 2. The second-order valence-corrected chi connectivity index (χ2v) is 5.95. The molecule has 1 aromatic carbocycles. The highest BCUT2D eigenvalue weighted by Crippen LogP contribution is 2.10. The number of hydrogen-bond donors (Lipinski definition) is 1. The van der Waals surface area contributed by atoms with E-state index in [0.29, 0.717) is 19.6 Å². The lowest BCUT2D eigenvalue weighted by molar-refractivity contribution is -0.137. The van der Waals surface area contributed by atoms with Crippen molar-refractivity contribution in [2.75, 3.05) is 26.7 Å². The highest BCUT2D eigenvalue weighted by Gasteiger charge is 2.32. The number of nitrogens with one attached hydrogen (secondary N) is 1. The lowest BCUT2D eigenvalue weighted by Crippen LogP contribution is -2.58. The van der Waals surface area contributed by atoms with Gasteiger partial charge in [0.2, 0.25) is 5.91 Å². The Morgan fingerprint density at radius 1 is 1.27 bits per heavy atom. The van der Waals surface area contributed by atoms with Crippen LogP contribution in [0, 0.1) is 6.92 Å². The molecule has 2 rings (SSSR count). The summed E-state index contributed by atoms with van der Waals surface area (Å²) in [5.74, 6) is 0.000977. The third-order valence-corrected chi connectivity index (χ3v) is 4.18. The van der Waals surface area contributed by atoms with Gasteiger partial charge in [-0.15, -0.1) is 0 Å². The fourth-order valence-corrected chi connectivity index (χ4v) is 2.64. The van der Waals surface area contributed by atoms with E-state index in [1.807, 2.05) is 0 Å². The molecule has 0 spiro atoms. The van der Waals surface area contributed by atoms with Gasteiger partial charge in [-0.1, -0.05) is 29.8 Å². The maximum Gasteiger partial charge on any atom is 0.318 e. The number of benzene rings is 1. The van der Waals surface area contributed by atoms with Crippen molar-refractivity contribution in [1.82, 2.24) is 15.1 Å². The van der Waals surface area contributed by atoms with E-state index in [-0.39, 0.29) is 18.0 Å². The number of rotatable bonds is 4. The molecule has 1 atom stereocenters. The van der Waals surface area contributed by atoms with Crippen LogP contribution in [0.1, 0.15) is 24.5 Å². The van der Waals surface area contributed by atoms with Crippen LogP contribution in [0.15, 0.2) is 24.3 Å². The Labute approximate surface area is 132 Å². The van der Waals surface area contributed by atoms with Crippen LogP contribution in [0.25, 0.3) is 0 Å². The molecule has 0 saturated carbocycles. The Kier molecular flexibility index (Phi) is 5.41. The van der Waals surface area contributed by atoms with Gasteiger partial charge in [-0.25, -0.2) is 4.79 Å². The molecule has 1 aliphatic rings. The van der Waals surface area contributed by atoms with Crippen molar-refractivity contribution >= 4 is 11.9 Å². The summed E-state index contributed by atoms with van der Waals surface area (Å²) in [5.41, 5.74) is 2.54. The highest BCUT2D eigenvalue weighted by atomic mass is 16.2. The zero-order valence-electron chi connectivity index (χ0n) is 13.6. The van der Waals surface area contributed by atoms with Crippen LogP contribution in [0.5, 0.6) is 0 Å². The van der Waals surface area contributed by atoms with Crippen LogP contribution in [0.2, 0.25) is 0 Å². The minimum absolute atomic E-state index is 0.000977. The van der Waals surface area contributed by atoms with E-state index >= 15 is 0 Å². The molecule has 1 aliphatic heterocycles. The van der Waals surface area contributed by atoms with Crippen molar-refractivity contribution in [3.05, 3.63) is 35.4 Å². The van der Waals surface area contributed by atoms with Crippen molar-refractivity contribution in [2.45, 2.75) is 32.7 Å². The molecule has 1 fully saturated rings. The Morgan fingerprint density at radius 2 is 1.95 bits per heavy atom. The summed E-state index contributed by atoms with van der Waals surface area (Å²) in [6, 6.07) is 7.93. The molecular weight excluding hydrogens is 278 g/mol. The van der Waals surface area contributed by atoms with Crippen LogP contribution in [0.3, 0.4) is 0 Å². The molecule has 1 heterocycles. The van der Waals surface area contributed by atoms with Crippen LogP contribution in [-0.2, 0) is 11.2 Å². The molecule has 3 amide bonds. The molecule has 0 radical (unpaired) electrons. The predicted molar refractivity (Wildman–Crippen MR) is 86.7 cm³/mol. The number of carbonyl (C=O) groups excluding carboxylic acids is 2. The van der Waals surface area contributed by atoms with Crippen LogP contribution in [-0.4, -0.2) is 54.5 Å². The number of aryl methyl sites for hydroxylation is 2. The molecule has 0 bridgehead atoms. The van der Waals surface area contributed by atoms with Gasteiger partial charge in [0, 0.05) is 26.7 Å². The molecule has 5 heteroatoms. The van der Waals surface area contributed by atoms with Crippen molar-refractivity contribution in [1.29, 1.82) is 0 Å². The van der Waals surface area contributed by atoms with Gasteiger partial charge in [0.15, 0.2) is 0 Å². The van der Waals surface area contributed by atoms with E-state index in [1.54, 1.807) is 23.8 Å². The zero-order valence-corrected chi connectivity index (χ0v) is 13.6. The van der Waals surface area contributed by atoms with E-state index in [0.717, 1.165) is 12.8 Å². The summed E-state index contributed by atoms with van der Waals surface area (Å²) in [7, 11) is 1.77. The minimum atomic E-state index is -0.379. The average Bonchev–Trinajstić information content (AvgIpc) is 2.51. The van der Waals surface area contributed by atoms with Crippen molar-refractivity contribution in [3.8, 4) is 0 Å². The van der Waals surface area contributed by atoms with Crippen molar-refractivity contribution in [3.63, 3.8) is 0 Å². The number of likely N-dealkylation sites (N-methyl/N-ethyl adjacent to an activating group) is 1. The zero-order chi connectivity index (χ0) is 16.1. The van der Waals surface area contributed by atoms with E-state index < -0.39 is 0 Å². The Hall–Kier alpha value is -2.04. The summed E-state index contributed by atoms with van der Waals surface area (Å²) in [6.07, 6.45) is 1.84. The Morgan fingerprint density at radius 3 is 2.64 bits per heavy atom. The number of piperazine rings is 1. The fourth-order valence-electron chi connectivity index (χ4n) is 2.64. The van der Waals surface area contributed by atoms with Crippen LogP contribution < -0.4 is 5.32 Å². The van der Waals surface area contributed by atoms with Gasteiger partial charge >= 0.3 is 6.03 Å². The van der Waals surface area contributed by atoms with E-state index in [1.165, 1.54) is 11.1 Å². The second kappa shape index (κ2) is 7.29. The molecule has 1 aromatic rings. The maximum atomic E-state index is 12.2. The van der Waals surface area contributed by atoms with E-state index in [2.05, 4.69) is 36.5 Å². The monoisotopic (exact) mass is 303 g/mol. The topological polar surface area (TPSA) is 52.7 Å². The lowest BCUT2D eigenvalue weighted by Gasteiger charge is -2.37. The summed E-state index contributed by atoms with van der Waals surface area (Å²) < 4.78 is 0. The van der Waals surface area contributed by atoms with Crippen molar-refractivity contribution < 1.29 is 9.59 Å². The maximum absolute atomic E-state index is 12.2. The Balaban J connectivity index is 1.73. The number of nitrogens with zero attached hydrogens (tertiary/aromatic N) is 2. The quantitative estimate of drug-likeness (QED) is 0.862. The molecule has 120 valence electrons. The highest BCUT2D eigenvalue weighted by molar-refractivity contribution is 5.87.